The van der Waals surface area contributed by atoms with Crippen LogP contribution < -0.4 is 5.32 Å². The Bertz CT molecular complexity index is 389. The summed E-state index contributed by atoms with van der Waals surface area (Å²) in [6.07, 6.45) is 0. The summed E-state index contributed by atoms with van der Waals surface area (Å²) in [6, 6.07) is 7.85. The Labute approximate surface area is 101 Å². The summed E-state index contributed by atoms with van der Waals surface area (Å²) < 4.78 is 0. The third kappa shape index (κ3) is 2.84. The van der Waals surface area contributed by atoms with Gasteiger partial charge < -0.3 is 10.4 Å². The van der Waals surface area contributed by atoms with E-state index in [1.165, 1.54) is 11.1 Å². The van der Waals surface area contributed by atoms with Crippen LogP contribution in [0, 0.1) is 6.92 Å². The van der Waals surface area contributed by atoms with Crippen LogP contribution in [0.3, 0.4) is 0 Å². The lowest BCUT2D eigenvalue weighted by atomic mass is 10.1. The topological polar surface area (TPSA) is 52.6 Å². The quantitative estimate of drug-likeness (QED) is 0.790. The molecular weight excluding hydrogens is 216 g/mol. The second-order valence-corrected chi connectivity index (χ2v) is 4.45. The number of benzene rings is 1. The maximum atomic E-state index is 11.6. The summed E-state index contributed by atoms with van der Waals surface area (Å²) in [4.78, 5) is 13.6. The molecule has 1 aliphatic rings. The first-order chi connectivity index (χ1) is 8.20. The van der Waals surface area contributed by atoms with E-state index in [9.17, 15) is 9.90 Å². The number of aliphatic hydroxyl groups is 1. The van der Waals surface area contributed by atoms with Crippen molar-refractivity contribution in [3.05, 3.63) is 35.4 Å². The minimum atomic E-state index is -0.412. The lowest BCUT2D eigenvalue weighted by molar-refractivity contribution is -0.130. The van der Waals surface area contributed by atoms with Crippen molar-refractivity contribution >= 4 is 5.91 Å². The van der Waals surface area contributed by atoms with Gasteiger partial charge in [0.05, 0.1) is 6.61 Å². The van der Waals surface area contributed by atoms with Gasteiger partial charge >= 0.3 is 0 Å². The van der Waals surface area contributed by atoms with Gasteiger partial charge in [0.1, 0.15) is 6.04 Å². The molecule has 4 heteroatoms. The van der Waals surface area contributed by atoms with Crippen LogP contribution in [0.4, 0.5) is 0 Å². The number of aryl methyl sites for hydroxylation is 1. The molecule has 2 rings (SSSR count). The first-order valence-electron chi connectivity index (χ1n) is 5.89. The number of amides is 1. The summed E-state index contributed by atoms with van der Waals surface area (Å²) in [6.45, 7) is 4.07. The number of nitrogens with one attached hydrogen (secondary N) is 1. The van der Waals surface area contributed by atoms with Crippen molar-refractivity contribution in [1.82, 2.24) is 10.2 Å². The van der Waals surface area contributed by atoms with Gasteiger partial charge in [-0.25, -0.2) is 0 Å². The average Bonchev–Trinajstić information content (AvgIpc) is 2.32. The molecule has 0 bridgehead atoms. The van der Waals surface area contributed by atoms with Crippen LogP contribution in [0.1, 0.15) is 11.1 Å². The van der Waals surface area contributed by atoms with E-state index in [4.69, 9.17) is 0 Å². The van der Waals surface area contributed by atoms with Crippen LogP contribution in [0.25, 0.3) is 0 Å². The molecule has 0 radical (unpaired) electrons. The van der Waals surface area contributed by atoms with E-state index in [1.54, 1.807) is 0 Å². The molecule has 1 aromatic rings. The van der Waals surface area contributed by atoms with E-state index in [0.29, 0.717) is 13.1 Å². The molecule has 1 unspecified atom stereocenters. The van der Waals surface area contributed by atoms with Crippen molar-refractivity contribution < 1.29 is 9.90 Å². The third-order valence-electron chi connectivity index (χ3n) is 3.12. The van der Waals surface area contributed by atoms with E-state index in [2.05, 4.69) is 36.5 Å². The van der Waals surface area contributed by atoms with Crippen molar-refractivity contribution in [2.45, 2.75) is 19.5 Å². The predicted octanol–water partition coefficient (Wildman–Crippen LogP) is 0.288. The first kappa shape index (κ1) is 12.1. The fourth-order valence-corrected chi connectivity index (χ4v) is 2.08. The van der Waals surface area contributed by atoms with Crippen molar-refractivity contribution in [1.29, 1.82) is 0 Å². The van der Waals surface area contributed by atoms with Gasteiger partial charge in [0.25, 0.3) is 0 Å². The van der Waals surface area contributed by atoms with Crippen LogP contribution in [0.5, 0.6) is 0 Å². The highest BCUT2D eigenvalue weighted by atomic mass is 16.3. The number of piperazine rings is 1. The fourth-order valence-electron chi connectivity index (χ4n) is 2.08. The number of nitrogens with zero attached hydrogens (tertiary/aromatic N) is 1. The largest absolute Gasteiger partial charge is 0.394 e. The molecule has 1 saturated heterocycles. The number of carbonyl (C=O) groups is 1. The van der Waals surface area contributed by atoms with Gasteiger partial charge in [-0.1, -0.05) is 29.8 Å². The summed E-state index contributed by atoms with van der Waals surface area (Å²) >= 11 is 0. The Morgan fingerprint density at radius 2 is 2.12 bits per heavy atom. The van der Waals surface area contributed by atoms with Gasteiger partial charge in [0.15, 0.2) is 0 Å². The summed E-state index contributed by atoms with van der Waals surface area (Å²) in [5.41, 5.74) is 2.40. The van der Waals surface area contributed by atoms with E-state index in [1.807, 2.05) is 4.90 Å². The fraction of sp³-hybridized carbons (Fsp3) is 0.462. The molecule has 1 aromatic carbocycles. The highest BCUT2D eigenvalue weighted by Crippen LogP contribution is 2.11. The molecule has 1 amide bonds. The molecule has 1 aliphatic heterocycles. The Morgan fingerprint density at radius 1 is 1.41 bits per heavy atom. The molecular formula is C13H18N2O2. The first-order valence-corrected chi connectivity index (χ1v) is 5.89. The van der Waals surface area contributed by atoms with E-state index < -0.39 is 6.04 Å². The van der Waals surface area contributed by atoms with Gasteiger partial charge in [0, 0.05) is 19.6 Å². The highest BCUT2D eigenvalue weighted by Gasteiger charge is 2.28. The molecule has 92 valence electrons. The molecule has 1 fully saturated rings. The van der Waals surface area contributed by atoms with Crippen LogP contribution >= 0.6 is 0 Å². The van der Waals surface area contributed by atoms with E-state index >= 15 is 0 Å². The Hall–Kier alpha value is -1.39. The Balaban J connectivity index is 2.06. The highest BCUT2D eigenvalue weighted by molar-refractivity contribution is 5.82. The standard InChI is InChI=1S/C13H18N2O2/c1-10-2-4-11(5-3-10)8-15-7-6-14-13(17)12(15)9-16/h2-5,12,16H,6-9H2,1H3,(H,14,17). The molecule has 0 aromatic heterocycles. The molecule has 1 heterocycles. The summed E-state index contributed by atoms with van der Waals surface area (Å²) in [5, 5.41) is 12.0. The van der Waals surface area contributed by atoms with Gasteiger partial charge in [-0.2, -0.15) is 0 Å². The monoisotopic (exact) mass is 234 g/mol. The normalized spacial score (nSPS) is 21.3. The van der Waals surface area contributed by atoms with Crippen LogP contribution in [0.15, 0.2) is 24.3 Å². The molecule has 0 saturated carbocycles. The minimum Gasteiger partial charge on any atom is -0.394 e. The van der Waals surface area contributed by atoms with Gasteiger partial charge in [-0.15, -0.1) is 0 Å². The number of aliphatic hydroxyl groups excluding tert-OH is 1. The zero-order valence-electron chi connectivity index (χ0n) is 10.0. The lowest BCUT2D eigenvalue weighted by Crippen LogP contribution is -2.56. The Morgan fingerprint density at radius 3 is 2.76 bits per heavy atom. The number of rotatable bonds is 3. The second kappa shape index (κ2) is 5.29. The van der Waals surface area contributed by atoms with Gasteiger partial charge in [-0.3, -0.25) is 9.69 Å². The smallest absolute Gasteiger partial charge is 0.239 e. The molecule has 0 spiro atoms. The zero-order valence-corrected chi connectivity index (χ0v) is 10.0. The summed E-state index contributed by atoms with van der Waals surface area (Å²) in [7, 11) is 0. The number of hydrogen-bond acceptors (Lipinski definition) is 3. The van der Waals surface area contributed by atoms with Crippen LogP contribution in [0.2, 0.25) is 0 Å². The SMILES string of the molecule is Cc1ccc(CN2CCNC(=O)C2CO)cc1. The van der Waals surface area contributed by atoms with Gasteiger partial charge in [-0.05, 0) is 12.5 Å². The minimum absolute atomic E-state index is 0.0779. The van der Waals surface area contributed by atoms with Gasteiger partial charge in [0.2, 0.25) is 5.91 Å². The van der Waals surface area contributed by atoms with Crippen LogP contribution in [-0.2, 0) is 11.3 Å². The van der Waals surface area contributed by atoms with Crippen LogP contribution in [-0.4, -0.2) is 41.7 Å². The zero-order chi connectivity index (χ0) is 12.3. The lowest BCUT2D eigenvalue weighted by Gasteiger charge is -2.33. The van der Waals surface area contributed by atoms with Crippen molar-refractivity contribution in [3.63, 3.8) is 0 Å². The molecule has 17 heavy (non-hydrogen) atoms. The number of carbonyl (C=O) groups excluding carboxylic acids is 1. The molecule has 0 aliphatic carbocycles. The molecule has 1 atom stereocenters. The number of hydrogen-bond donors (Lipinski definition) is 2. The third-order valence-corrected chi connectivity index (χ3v) is 3.12. The van der Waals surface area contributed by atoms with Crippen molar-refractivity contribution in [2.24, 2.45) is 0 Å². The van der Waals surface area contributed by atoms with E-state index in [0.717, 1.165) is 6.54 Å². The van der Waals surface area contributed by atoms with E-state index in [-0.39, 0.29) is 12.5 Å². The molecule has 4 nitrogen and oxygen atoms in total. The maximum absolute atomic E-state index is 11.6. The molecule has 2 N–H and O–H groups in total. The maximum Gasteiger partial charge on any atom is 0.239 e. The Kier molecular flexibility index (Phi) is 3.76. The predicted molar refractivity (Wildman–Crippen MR) is 65.5 cm³/mol. The summed E-state index contributed by atoms with van der Waals surface area (Å²) in [5.74, 6) is -0.0779. The van der Waals surface area contributed by atoms with Crippen molar-refractivity contribution in [2.75, 3.05) is 19.7 Å². The average molecular weight is 234 g/mol. The second-order valence-electron chi connectivity index (χ2n) is 4.45. The van der Waals surface area contributed by atoms with Crippen molar-refractivity contribution in [3.8, 4) is 0 Å².